The second-order valence-electron chi connectivity index (χ2n) is 8.22. The van der Waals surface area contributed by atoms with E-state index in [1.807, 2.05) is 0 Å². The standard InChI is InChI=1S/C24H23N3O6/c1-32-16-4-6-18-19(14-16)23(28)21-17-5-3-15(27(30)31)13-20(17)24(29)26(22(18)21)8-2-7-25-9-11-33-12-10-25/h3-6,13-14H,2,7-12H2,1H3. The van der Waals surface area contributed by atoms with Crippen LogP contribution in [0.5, 0.6) is 5.75 Å². The summed E-state index contributed by atoms with van der Waals surface area (Å²) in [6, 6.07) is 9.36. The Labute approximate surface area is 189 Å². The van der Waals surface area contributed by atoms with Crippen LogP contribution < -0.4 is 10.3 Å². The van der Waals surface area contributed by atoms with Crippen LogP contribution in [-0.4, -0.2) is 60.1 Å². The summed E-state index contributed by atoms with van der Waals surface area (Å²) in [7, 11) is 1.53. The first-order chi connectivity index (χ1) is 16.0. The fraction of sp³-hybridized carbons (Fsp3) is 0.333. The smallest absolute Gasteiger partial charge is 0.270 e. The number of non-ortho nitro benzene ring substituents is 1. The minimum atomic E-state index is -0.531. The van der Waals surface area contributed by atoms with Crippen molar-refractivity contribution < 1.29 is 19.2 Å². The lowest BCUT2D eigenvalue weighted by Crippen LogP contribution is -2.37. The highest BCUT2D eigenvalue weighted by molar-refractivity contribution is 6.26. The maximum absolute atomic E-state index is 13.6. The van der Waals surface area contributed by atoms with Crippen molar-refractivity contribution in [1.82, 2.24) is 9.47 Å². The van der Waals surface area contributed by atoms with Crippen LogP contribution in [0.4, 0.5) is 5.69 Å². The third-order valence-electron chi connectivity index (χ3n) is 6.38. The van der Waals surface area contributed by atoms with Crippen molar-refractivity contribution in [3.05, 3.63) is 68.0 Å². The molecule has 33 heavy (non-hydrogen) atoms. The average Bonchev–Trinajstić information content (AvgIpc) is 3.13. The predicted octanol–water partition coefficient (Wildman–Crippen LogP) is 2.85. The largest absolute Gasteiger partial charge is 0.497 e. The molecular formula is C24H23N3O6. The van der Waals surface area contributed by atoms with Gasteiger partial charge in [0.2, 0.25) is 0 Å². The van der Waals surface area contributed by atoms with Crippen LogP contribution in [0, 0.1) is 10.1 Å². The zero-order valence-corrected chi connectivity index (χ0v) is 18.2. The van der Waals surface area contributed by atoms with Crippen molar-refractivity contribution in [2.24, 2.45) is 0 Å². The molecule has 1 fully saturated rings. The number of aromatic nitrogens is 1. The first-order valence-corrected chi connectivity index (χ1v) is 10.9. The molecule has 9 nitrogen and oxygen atoms in total. The Balaban J connectivity index is 1.65. The van der Waals surface area contributed by atoms with Gasteiger partial charge in [-0.3, -0.25) is 24.6 Å². The molecule has 5 rings (SSSR count). The monoisotopic (exact) mass is 449 g/mol. The number of benzene rings is 2. The van der Waals surface area contributed by atoms with Crippen LogP contribution in [0.15, 0.2) is 41.2 Å². The van der Waals surface area contributed by atoms with Gasteiger partial charge in [-0.1, -0.05) is 0 Å². The van der Waals surface area contributed by atoms with Crippen LogP contribution in [0.2, 0.25) is 0 Å². The number of rotatable bonds is 6. The summed E-state index contributed by atoms with van der Waals surface area (Å²) in [6.07, 6.45) is 0.701. The van der Waals surface area contributed by atoms with Crippen LogP contribution in [-0.2, 0) is 11.3 Å². The summed E-state index contributed by atoms with van der Waals surface area (Å²) < 4.78 is 12.3. The van der Waals surface area contributed by atoms with Gasteiger partial charge in [-0.25, -0.2) is 0 Å². The summed E-state index contributed by atoms with van der Waals surface area (Å²) in [5.41, 5.74) is 1.63. The average molecular weight is 449 g/mol. The van der Waals surface area contributed by atoms with E-state index in [-0.39, 0.29) is 22.4 Å². The van der Waals surface area contributed by atoms with E-state index in [1.54, 1.807) is 22.8 Å². The summed E-state index contributed by atoms with van der Waals surface area (Å²) in [6.45, 7) is 4.27. The van der Waals surface area contributed by atoms with Crippen molar-refractivity contribution in [3.63, 3.8) is 0 Å². The number of ketones is 1. The van der Waals surface area contributed by atoms with Crippen LogP contribution in [0.1, 0.15) is 22.3 Å². The zero-order chi connectivity index (χ0) is 23.1. The zero-order valence-electron chi connectivity index (χ0n) is 18.2. The second-order valence-corrected chi connectivity index (χ2v) is 8.22. The fourth-order valence-corrected chi connectivity index (χ4v) is 4.73. The number of methoxy groups -OCH3 is 1. The van der Waals surface area contributed by atoms with E-state index in [0.717, 1.165) is 19.6 Å². The van der Waals surface area contributed by atoms with Gasteiger partial charge in [-0.2, -0.15) is 0 Å². The van der Waals surface area contributed by atoms with Gasteiger partial charge in [0.1, 0.15) is 5.75 Å². The number of nitro benzene ring substituents is 1. The molecule has 1 aliphatic carbocycles. The number of hydrogen-bond donors (Lipinski definition) is 0. The molecule has 0 atom stereocenters. The molecule has 0 amide bonds. The summed E-state index contributed by atoms with van der Waals surface area (Å²) >= 11 is 0. The molecule has 2 aliphatic rings. The first-order valence-electron chi connectivity index (χ1n) is 10.9. The quantitative estimate of drug-likeness (QED) is 0.329. The topological polar surface area (TPSA) is 104 Å². The molecule has 0 N–H and O–H groups in total. The summed E-state index contributed by atoms with van der Waals surface area (Å²) in [5, 5.41) is 12.0. The molecule has 1 aromatic heterocycles. The molecule has 2 aromatic carbocycles. The lowest BCUT2D eigenvalue weighted by Gasteiger charge is -2.26. The maximum Gasteiger partial charge on any atom is 0.270 e. The number of nitrogens with zero attached hydrogens (tertiary/aromatic N) is 3. The molecule has 0 bridgehead atoms. The lowest BCUT2D eigenvalue weighted by atomic mass is 10.0. The van der Waals surface area contributed by atoms with Crippen molar-refractivity contribution in [3.8, 4) is 17.0 Å². The SMILES string of the molecule is COc1ccc2c(c1)C(=O)c1c-2n(CCCN2CCOCC2)c(=O)c2cc([N+](=O)[O-])ccc12. The number of carbonyl (C=O) groups excluding carboxylic acids is 1. The molecule has 9 heteroatoms. The van der Waals surface area contributed by atoms with E-state index in [9.17, 15) is 19.7 Å². The van der Waals surface area contributed by atoms with Gasteiger partial charge in [0.05, 0.1) is 41.9 Å². The molecule has 0 radical (unpaired) electrons. The Morgan fingerprint density at radius 1 is 1.03 bits per heavy atom. The number of ether oxygens (including phenoxy) is 2. The third kappa shape index (κ3) is 3.59. The predicted molar refractivity (Wildman–Crippen MR) is 122 cm³/mol. The Bertz CT molecular complexity index is 1340. The molecule has 170 valence electrons. The summed E-state index contributed by atoms with van der Waals surface area (Å²) in [4.78, 5) is 40.1. The van der Waals surface area contributed by atoms with Gasteiger partial charge in [-0.05, 0) is 30.7 Å². The summed E-state index contributed by atoms with van der Waals surface area (Å²) in [5.74, 6) is 0.343. The van der Waals surface area contributed by atoms with E-state index in [0.29, 0.717) is 59.7 Å². The Morgan fingerprint density at radius 3 is 2.55 bits per heavy atom. The lowest BCUT2D eigenvalue weighted by molar-refractivity contribution is -0.384. The highest BCUT2D eigenvalue weighted by atomic mass is 16.6. The first kappa shape index (κ1) is 21.3. The molecule has 0 saturated carbocycles. The van der Waals surface area contributed by atoms with Crippen molar-refractivity contribution in [2.75, 3.05) is 40.0 Å². The van der Waals surface area contributed by atoms with E-state index in [2.05, 4.69) is 4.90 Å². The van der Waals surface area contributed by atoms with E-state index < -0.39 is 4.92 Å². The normalized spacial score (nSPS) is 15.5. The molecular weight excluding hydrogens is 426 g/mol. The highest BCUT2D eigenvalue weighted by Crippen LogP contribution is 2.41. The number of hydrogen-bond acceptors (Lipinski definition) is 7. The molecule has 3 aromatic rings. The van der Waals surface area contributed by atoms with Crippen molar-refractivity contribution in [1.29, 1.82) is 0 Å². The number of carbonyl (C=O) groups is 1. The fourth-order valence-electron chi connectivity index (χ4n) is 4.73. The molecule has 2 heterocycles. The molecule has 1 aliphatic heterocycles. The second kappa shape index (κ2) is 8.42. The number of pyridine rings is 1. The van der Waals surface area contributed by atoms with Gasteiger partial charge in [0, 0.05) is 54.8 Å². The van der Waals surface area contributed by atoms with Crippen molar-refractivity contribution >= 4 is 22.2 Å². The Kier molecular flexibility index (Phi) is 5.43. The number of fused-ring (bicyclic) bond motifs is 5. The maximum atomic E-state index is 13.6. The minimum absolute atomic E-state index is 0.177. The van der Waals surface area contributed by atoms with E-state index in [1.165, 1.54) is 25.3 Å². The molecule has 0 unspecified atom stereocenters. The van der Waals surface area contributed by atoms with Gasteiger partial charge in [0.15, 0.2) is 5.78 Å². The van der Waals surface area contributed by atoms with E-state index in [4.69, 9.17) is 9.47 Å². The van der Waals surface area contributed by atoms with Gasteiger partial charge < -0.3 is 14.0 Å². The molecule has 1 saturated heterocycles. The number of morpholine rings is 1. The van der Waals surface area contributed by atoms with Gasteiger partial charge >= 0.3 is 0 Å². The molecule has 0 spiro atoms. The van der Waals surface area contributed by atoms with Crippen molar-refractivity contribution in [2.45, 2.75) is 13.0 Å². The minimum Gasteiger partial charge on any atom is -0.497 e. The number of nitro groups is 1. The Morgan fingerprint density at radius 2 is 1.82 bits per heavy atom. The van der Waals surface area contributed by atoms with Crippen LogP contribution in [0.25, 0.3) is 22.0 Å². The van der Waals surface area contributed by atoms with Crippen LogP contribution >= 0.6 is 0 Å². The Hall–Kier alpha value is -3.56. The highest BCUT2D eigenvalue weighted by Gasteiger charge is 2.33. The van der Waals surface area contributed by atoms with Crippen LogP contribution in [0.3, 0.4) is 0 Å². The van der Waals surface area contributed by atoms with Gasteiger partial charge in [-0.15, -0.1) is 0 Å². The van der Waals surface area contributed by atoms with Gasteiger partial charge in [0.25, 0.3) is 11.2 Å². The third-order valence-corrected chi connectivity index (χ3v) is 6.38. The van der Waals surface area contributed by atoms with E-state index >= 15 is 0 Å².